The highest BCUT2D eigenvalue weighted by Gasteiger charge is 2.16. The number of benzene rings is 1. The molecule has 1 aromatic rings. The molecule has 0 fully saturated rings. The third-order valence-corrected chi connectivity index (χ3v) is 2.71. The van der Waals surface area contributed by atoms with Crippen LogP contribution < -0.4 is 5.32 Å². The second-order valence-electron chi connectivity index (χ2n) is 4.12. The standard InChI is InChI=1S/C13H16F3NO/c1-3-5-9(4-2)17-13(18)8-6-10(14)12(16)11(15)7-8/h6-7,9H,3-5H2,1-2H3,(H,17,18). The van der Waals surface area contributed by atoms with Crippen LogP contribution >= 0.6 is 0 Å². The van der Waals surface area contributed by atoms with Crippen molar-refractivity contribution in [2.45, 2.75) is 39.2 Å². The molecule has 0 saturated carbocycles. The Bertz CT molecular complexity index is 411. The molecule has 0 aliphatic heterocycles. The molecule has 0 saturated heterocycles. The highest BCUT2D eigenvalue weighted by molar-refractivity contribution is 5.94. The Morgan fingerprint density at radius 2 is 1.78 bits per heavy atom. The second kappa shape index (κ2) is 6.42. The topological polar surface area (TPSA) is 29.1 Å². The van der Waals surface area contributed by atoms with Crippen LogP contribution in [0.1, 0.15) is 43.5 Å². The fraction of sp³-hybridized carbons (Fsp3) is 0.462. The fourth-order valence-corrected chi connectivity index (χ4v) is 1.68. The molecule has 5 heteroatoms. The Morgan fingerprint density at radius 3 is 2.22 bits per heavy atom. The molecular formula is C13H16F3NO. The lowest BCUT2D eigenvalue weighted by Gasteiger charge is -2.16. The number of rotatable bonds is 5. The van der Waals surface area contributed by atoms with Crippen molar-refractivity contribution in [1.29, 1.82) is 0 Å². The molecule has 1 atom stereocenters. The molecule has 0 spiro atoms. The monoisotopic (exact) mass is 259 g/mol. The first kappa shape index (κ1) is 14.5. The van der Waals surface area contributed by atoms with Crippen molar-refractivity contribution >= 4 is 5.91 Å². The predicted octanol–water partition coefficient (Wildman–Crippen LogP) is 3.41. The zero-order chi connectivity index (χ0) is 13.7. The van der Waals surface area contributed by atoms with Gasteiger partial charge >= 0.3 is 0 Å². The molecule has 0 heterocycles. The lowest BCUT2D eigenvalue weighted by atomic mass is 10.1. The number of nitrogens with one attached hydrogen (secondary N) is 1. The second-order valence-corrected chi connectivity index (χ2v) is 4.12. The van der Waals surface area contributed by atoms with Crippen LogP contribution in [-0.4, -0.2) is 11.9 Å². The number of carbonyl (C=O) groups is 1. The molecule has 1 rings (SSSR count). The maximum Gasteiger partial charge on any atom is 0.251 e. The van der Waals surface area contributed by atoms with Gasteiger partial charge in [-0.2, -0.15) is 0 Å². The van der Waals surface area contributed by atoms with E-state index in [1.54, 1.807) is 0 Å². The first-order chi connectivity index (χ1) is 8.49. The predicted molar refractivity (Wildman–Crippen MR) is 62.8 cm³/mol. The zero-order valence-corrected chi connectivity index (χ0v) is 10.4. The van der Waals surface area contributed by atoms with Gasteiger partial charge in [-0.25, -0.2) is 13.2 Å². The molecule has 100 valence electrons. The number of carbonyl (C=O) groups excluding carboxylic acids is 1. The van der Waals surface area contributed by atoms with E-state index < -0.39 is 23.4 Å². The Balaban J connectivity index is 2.84. The minimum Gasteiger partial charge on any atom is -0.349 e. The van der Waals surface area contributed by atoms with Gasteiger partial charge in [0.2, 0.25) is 0 Å². The maximum absolute atomic E-state index is 13.0. The molecule has 0 radical (unpaired) electrons. The Labute approximate surface area is 104 Å². The van der Waals surface area contributed by atoms with Gasteiger partial charge in [-0.15, -0.1) is 0 Å². The fourth-order valence-electron chi connectivity index (χ4n) is 1.68. The number of amides is 1. The van der Waals surface area contributed by atoms with Crippen molar-refractivity contribution in [3.8, 4) is 0 Å². The van der Waals surface area contributed by atoms with Gasteiger partial charge in [-0.1, -0.05) is 20.3 Å². The van der Waals surface area contributed by atoms with Crippen LogP contribution in [0.5, 0.6) is 0 Å². The normalized spacial score (nSPS) is 12.3. The van der Waals surface area contributed by atoms with E-state index in [1.165, 1.54) is 0 Å². The van der Waals surface area contributed by atoms with Gasteiger partial charge < -0.3 is 5.32 Å². The summed E-state index contributed by atoms with van der Waals surface area (Å²) in [4.78, 5) is 11.7. The molecule has 2 nitrogen and oxygen atoms in total. The molecular weight excluding hydrogens is 243 g/mol. The lowest BCUT2D eigenvalue weighted by molar-refractivity contribution is 0.0932. The van der Waals surface area contributed by atoms with Gasteiger partial charge in [-0.05, 0) is 25.0 Å². The first-order valence-corrected chi connectivity index (χ1v) is 5.95. The summed E-state index contributed by atoms with van der Waals surface area (Å²) < 4.78 is 38.7. The summed E-state index contributed by atoms with van der Waals surface area (Å²) in [6.07, 6.45) is 2.41. The molecule has 1 amide bonds. The molecule has 1 N–H and O–H groups in total. The van der Waals surface area contributed by atoms with Crippen molar-refractivity contribution in [2.24, 2.45) is 0 Å². The van der Waals surface area contributed by atoms with E-state index in [0.717, 1.165) is 19.3 Å². The van der Waals surface area contributed by atoms with Crippen molar-refractivity contribution in [2.75, 3.05) is 0 Å². The van der Waals surface area contributed by atoms with E-state index >= 15 is 0 Å². The van der Waals surface area contributed by atoms with E-state index in [-0.39, 0.29) is 11.6 Å². The summed E-state index contributed by atoms with van der Waals surface area (Å²) in [6, 6.07) is 1.36. The van der Waals surface area contributed by atoms with Gasteiger partial charge in [0.05, 0.1) is 0 Å². The summed E-state index contributed by atoms with van der Waals surface area (Å²) >= 11 is 0. The van der Waals surface area contributed by atoms with Crippen molar-refractivity contribution in [3.63, 3.8) is 0 Å². The lowest BCUT2D eigenvalue weighted by Crippen LogP contribution is -2.34. The highest BCUT2D eigenvalue weighted by Crippen LogP contribution is 2.14. The number of hydrogen-bond acceptors (Lipinski definition) is 1. The highest BCUT2D eigenvalue weighted by atomic mass is 19.2. The van der Waals surface area contributed by atoms with Crippen LogP contribution in [0.3, 0.4) is 0 Å². The summed E-state index contributed by atoms with van der Waals surface area (Å²) in [6.45, 7) is 3.89. The van der Waals surface area contributed by atoms with Crippen LogP contribution in [0.15, 0.2) is 12.1 Å². The zero-order valence-electron chi connectivity index (χ0n) is 10.4. The van der Waals surface area contributed by atoms with Gasteiger partial charge in [0, 0.05) is 11.6 Å². The third kappa shape index (κ3) is 3.48. The molecule has 0 bridgehead atoms. The molecule has 0 aliphatic carbocycles. The van der Waals surface area contributed by atoms with Crippen LogP contribution in [0.4, 0.5) is 13.2 Å². The average molecular weight is 259 g/mol. The Hall–Kier alpha value is -1.52. The first-order valence-electron chi connectivity index (χ1n) is 5.95. The Morgan fingerprint density at radius 1 is 1.22 bits per heavy atom. The van der Waals surface area contributed by atoms with Gasteiger partial charge in [0.1, 0.15) is 0 Å². The van der Waals surface area contributed by atoms with Gasteiger partial charge in [0.15, 0.2) is 17.5 Å². The smallest absolute Gasteiger partial charge is 0.251 e. The molecule has 18 heavy (non-hydrogen) atoms. The minimum atomic E-state index is -1.56. The summed E-state index contributed by atoms with van der Waals surface area (Å²) in [5.41, 5.74) is -0.207. The van der Waals surface area contributed by atoms with Crippen LogP contribution in [0.2, 0.25) is 0 Å². The van der Waals surface area contributed by atoms with Crippen molar-refractivity contribution in [1.82, 2.24) is 5.32 Å². The maximum atomic E-state index is 13.0. The Kier molecular flexibility index (Phi) is 5.19. The largest absolute Gasteiger partial charge is 0.349 e. The van der Waals surface area contributed by atoms with E-state index in [2.05, 4.69) is 5.32 Å². The molecule has 1 unspecified atom stereocenters. The SMILES string of the molecule is CCCC(CC)NC(=O)c1cc(F)c(F)c(F)c1. The minimum absolute atomic E-state index is 0.0429. The van der Waals surface area contributed by atoms with Gasteiger partial charge in [0.25, 0.3) is 5.91 Å². The van der Waals surface area contributed by atoms with Crippen LogP contribution in [-0.2, 0) is 0 Å². The molecule has 0 aromatic heterocycles. The number of halogens is 3. The third-order valence-electron chi connectivity index (χ3n) is 2.71. The quantitative estimate of drug-likeness (QED) is 0.807. The van der Waals surface area contributed by atoms with E-state index in [4.69, 9.17) is 0 Å². The van der Waals surface area contributed by atoms with Crippen molar-refractivity contribution < 1.29 is 18.0 Å². The van der Waals surface area contributed by atoms with Gasteiger partial charge in [-0.3, -0.25) is 4.79 Å². The summed E-state index contributed by atoms with van der Waals surface area (Å²) in [5.74, 6) is -4.87. The summed E-state index contributed by atoms with van der Waals surface area (Å²) in [5, 5.41) is 2.66. The summed E-state index contributed by atoms with van der Waals surface area (Å²) in [7, 11) is 0. The van der Waals surface area contributed by atoms with E-state index in [0.29, 0.717) is 12.1 Å². The molecule has 0 aliphatic rings. The molecule has 1 aromatic carbocycles. The van der Waals surface area contributed by atoms with Crippen LogP contribution in [0.25, 0.3) is 0 Å². The van der Waals surface area contributed by atoms with Crippen molar-refractivity contribution in [3.05, 3.63) is 35.1 Å². The van der Waals surface area contributed by atoms with E-state index in [1.807, 2.05) is 13.8 Å². The average Bonchev–Trinajstić information content (AvgIpc) is 2.34. The van der Waals surface area contributed by atoms with Crippen LogP contribution in [0, 0.1) is 17.5 Å². The van der Waals surface area contributed by atoms with E-state index in [9.17, 15) is 18.0 Å². The number of hydrogen-bond donors (Lipinski definition) is 1.